The summed E-state index contributed by atoms with van der Waals surface area (Å²) in [6.45, 7) is 0.451. The van der Waals surface area contributed by atoms with Crippen LogP contribution in [0.2, 0.25) is 0 Å². The van der Waals surface area contributed by atoms with Crippen molar-refractivity contribution in [2.75, 3.05) is 27.7 Å². The van der Waals surface area contributed by atoms with Crippen LogP contribution in [0.3, 0.4) is 0 Å². The molecule has 0 fully saturated rings. The van der Waals surface area contributed by atoms with Crippen LogP contribution in [0.5, 0.6) is 11.5 Å². The van der Waals surface area contributed by atoms with Gasteiger partial charge in [-0.05, 0) is 36.9 Å². The van der Waals surface area contributed by atoms with Gasteiger partial charge in [0.2, 0.25) is 0 Å². The molecule has 5 nitrogen and oxygen atoms in total. The average Bonchev–Trinajstić information content (AvgIpc) is 2.59. The average molecular weight is 383 g/mol. The lowest BCUT2D eigenvalue weighted by atomic mass is 10.0. The van der Waals surface area contributed by atoms with E-state index in [-0.39, 0.29) is 24.3 Å². The molecule has 7 heteroatoms. The van der Waals surface area contributed by atoms with Gasteiger partial charge in [-0.25, -0.2) is 9.18 Å². The maximum absolute atomic E-state index is 13.1. The number of carbonyl (C=O) groups excluding carboxylic acids is 1. The third-order valence-electron chi connectivity index (χ3n) is 3.67. The maximum Gasteiger partial charge on any atom is 0.414 e. The highest BCUT2D eigenvalue weighted by molar-refractivity contribution is 5.85. The molecule has 0 radical (unpaired) electrons. The van der Waals surface area contributed by atoms with E-state index in [9.17, 15) is 9.18 Å². The zero-order chi connectivity index (χ0) is 18.2. The molecule has 1 N–H and O–H groups in total. The predicted molar refractivity (Wildman–Crippen MR) is 102 cm³/mol. The summed E-state index contributed by atoms with van der Waals surface area (Å²) < 4.78 is 23.9. The van der Waals surface area contributed by atoms with Gasteiger partial charge in [0.15, 0.2) is 0 Å². The standard InChI is InChI=1S/C19H23FN2O3.ClH/c1-21-18(11-12-24-17-6-4-5-15(20)13-17)14-7-9-16(10-8-14)25-19(23)22(2)3;/h4-10,13,18,21H,11-12H2,1-3H3;1H. The summed E-state index contributed by atoms with van der Waals surface area (Å²) in [6, 6.07) is 13.5. The Hall–Kier alpha value is -2.31. The van der Waals surface area contributed by atoms with Gasteiger partial charge in [0, 0.05) is 32.6 Å². The van der Waals surface area contributed by atoms with E-state index in [1.807, 2.05) is 19.2 Å². The normalized spacial score (nSPS) is 11.2. The summed E-state index contributed by atoms with van der Waals surface area (Å²) in [6.07, 6.45) is 0.297. The summed E-state index contributed by atoms with van der Waals surface area (Å²) in [5.41, 5.74) is 1.05. The van der Waals surface area contributed by atoms with Crippen LogP contribution >= 0.6 is 12.4 Å². The Bertz CT molecular complexity index is 695. The number of hydrogen-bond acceptors (Lipinski definition) is 4. The summed E-state index contributed by atoms with van der Waals surface area (Å²) in [5, 5.41) is 3.22. The van der Waals surface area contributed by atoms with Crippen molar-refractivity contribution in [3.05, 3.63) is 59.9 Å². The van der Waals surface area contributed by atoms with E-state index in [0.717, 1.165) is 5.56 Å². The smallest absolute Gasteiger partial charge is 0.414 e. The van der Waals surface area contributed by atoms with Crippen molar-refractivity contribution >= 4 is 18.5 Å². The van der Waals surface area contributed by atoms with Crippen molar-refractivity contribution in [3.8, 4) is 11.5 Å². The van der Waals surface area contributed by atoms with Crippen LogP contribution in [0.15, 0.2) is 48.5 Å². The number of halogens is 2. The second kappa shape index (κ2) is 10.6. The molecule has 0 bridgehead atoms. The summed E-state index contributed by atoms with van der Waals surface area (Å²) >= 11 is 0. The van der Waals surface area contributed by atoms with E-state index in [4.69, 9.17) is 9.47 Å². The summed E-state index contributed by atoms with van der Waals surface area (Å²) in [4.78, 5) is 12.9. The number of nitrogens with one attached hydrogen (secondary N) is 1. The number of amides is 1. The number of benzene rings is 2. The number of hydrogen-bond donors (Lipinski definition) is 1. The van der Waals surface area contributed by atoms with Crippen LogP contribution in [-0.2, 0) is 0 Å². The first-order valence-electron chi connectivity index (χ1n) is 8.04. The minimum absolute atomic E-state index is 0. The van der Waals surface area contributed by atoms with Gasteiger partial charge in [0.05, 0.1) is 6.61 Å². The lowest BCUT2D eigenvalue weighted by Crippen LogP contribution is -2.25. The minimum atomic E-state index is -0.415. The molecule has 0 saturated heterocycles. The van der Waals surface area contributed by atoms with Crippen LogP contribution < -0.4 is 14.8 Å². The van der Waals surface area contributed by atoms with Gasteiger partial charge in [-0.15, -0.1) is 12.4 Å². The molecular formula is C19H24ClFN2O3. The number of rotatable bonds is 7. The third-order valence-corrected chi connectivity index (χ3v) is 3.67. The second-order valence-corrected chi connectivity index (χ2v) is 5.77. The molecule has 0 spiro atoms. The SMILES string of the molecule is CNC(CCOc1cccc(F)c1)c1ccc(OC(=O)N(C)C)cc1.Cl. The van der Waals surface area contributed by atoms with Crippen molar-refractivity contribution in [1.29, 1.82) is 0 Å². The Morgan fingerprint density at radius 1 is 1.15 bits per heavy atom. The molecule has 0 heterocycles. The first kappa shape index (κ1) is 21.7. The van der Waals surface area contributed by atoms with Gasteiger partial charge < -0.3 is 19.7 Å². The lowest BCUT2D eigenvalue weighted by molar-refractivity contribution is 0.172. The highest BCUT2D eigenvalue weighted by Gasteiger charge is 2.11. The van der Waals surface area contributed by atoms with Gasteiger partial charge >= 0.3 is 6.09 Å². The van der Waals surface area contributed by atoms with Crippen molar-refractivity contribution in [1.82, 2.24) is 10.2 Å². The molecule has 142 valence electrons. The third kappa shape index (κ3) is 6.54. The van der Waals surface area contributed by atoms with E-state index in [1.165, 1.54) is 17.0 Å². The molecule has 26 heavy (non-hydrogen) atoms. The van der Waals surface area contributed by atoms with Crippen molar-refractivity contribution in [2.24, 2.45) is 0 Å². The second-order valence-electron chi connectivity index (χ2n) is 5.77. The van der Waals surface area contributed by atoms with Crippen LogP contribution in [0, 0.1) is 5.82 Å². The van der Waals surface area contributed by atoms with Crippen molar-refractivity contribution < 1.29 is 18.7 Å². The largest absolute Gasteiger partial charge is 0.493 e. The molecule has 1 amide bonds. The Morgan fingerprint density at radius 3 is 2.42 bits per heavy atom. The highest BCUT2D eigenvalue weighted by Crippen LogP contribution is 2.21. The van der Waals surface area contributed by atoms with Crippen molar-refractivity contribution in [2.45, 2.75) is 12.5 Å². The fraction of sp³-hybridized carbons (Fsp3) is 0.316. The number of ether oxygens (including phenoxy) is 2. The molecule has 1 unspecified atom stereocenters. The van der Waals surface area contributed by atoms with Crippen molar-refractivity contribution in [3.63, 3.8) is 0 Å². The molecular weight excluding hydrogens is 359 g/mol. The number of carbonyl (C=O) groups is 1. The molecule has 0 aliphatic heterocycles. The van der Waals surface area contributed by atoms with Crippen LogP contribution in [0.25, 0.3) is 0 Å². The van der Waals surface area contributed by atoms with Gasteiger partial charge in [-0.1, -0.05) is 18.2 Å². The van der Waals surface area contributed by atoms with E-state index in [0.29, 0.717) is 24.5 Å². The first-order valence-corrected chi connectivity index (χ1v) is 8.04. The fourth-order valence-electron chi connectivity index (χ4n) is 2.29. The Labute approximate surface area is 159 Å². The topological polar surface area (TPSA) is 50.8 Å². The van der Waals surface area contributed by atoms with Gasteiger partial charge in [0.25, 0.3) is 0 Å². The Morgan fingerprint density at radius 2 is 1.85 bits per heavy atom. The number of nitrogens with zero attached hydrogens (tertiary/aromatic N) is 1. The molecule has 2 aromatic rings. The maximum atomic E-state index is 13.1. The molecule has 0 aromatic heterocycles. The zero-order valence-electron chi connectivity index (χ0n) is 15.1. The zero-order valence-corrected chi connectivity index (χ0v) is 15.9. The quantitative estimate of drug-likeness (QED) is 0.785. The fourth-order valence-corrected chi connectivity index (χ4v) is 2.29. The van der Waals surface area contributed by atoms with Crippen LogP contribution in [0.4, 0.5) is 9.18 Å². The van der Waals surface area contributed by atoms with E-state index >= 15 is 0 Å². The highest BCUT2D eigenvalue weighted by atomic mass is 35.5. The summed E-state index contributed by atoms with van der Waals surface area (Å²) in [5.74, 6) is 0.694. The molecule has 2 rings (SSSR count). The van der Waals surface area contributed by atoms with E-state index < -0.39 is 6.09 Å². The van der Waals surface area contributed by atoms with Crippen LogP contribution in [0.1, 0.15) is 18.0 Å². The monoisotopic (exact) mass is 382 g/mol. The molecule has 1 atom stereocenters. The van der Waals surface area contributed by atoms with E-state index in [2.05, 4.69) is 5.32 Å². The van der Waals surface area contributed by atoms with Crippen LogP contribution in [-0.4, -0.2) is 38.7 Å². The lowest BCUT2D eigenvalue weighted by Gasteiger charge is -2.18. The predicted octanol–water partition coefficient (Wildman–Crippen LogP) is 4.04. The van der Waals surface area contributed by atoms with Gasteiger partial charge in [0.1, 0.15) is 17.3 Å². The minimum Gasteiger partial charge on any atom is -0.493 e. The van der Waals surface area contributed by atoms with Gasteiger partial charge in [-0.3, -0.25) is 0 Å². The van der Waals surface area contributed by atoms with Gasteiger partial charge in [-0.2, -0.15) is 0 Å². The molecule has 0 saturated carbocycles. The van der Waals surface area contributed by atoms with E-state index in [1.54, 1.807) is 38.4 Å². The Balaban J connectivity index is 0.00000338. The summed E-state index contributed by atoms with van der Waals surface area (Å²) in [7, 11) is 5.13. The molecule has 0 aliphatic carbocycles. The molecule has 2 aromatic carbocycles. The molecule has 0 aliphatic rings. The first-order chi connectivity index (χ1) is 12.0. The Kier molecular flexibility index (Phi) is 8.88.